The number of aryl methyl sites for hydroxylation is 2. The van der Waals surface area contributed by atoms with Gasteiger partial charge in [0.1, 0.15) is 5.69 Å². The predicted molar refractivity (Wildman–Crippen MR) is 79.4 cm³/mol. The molecule has 3 rings (SSSR count). The van der Waals surface area contributed by atoms with Gasteiger partial charge < -0.3 is 15.6 Å². The molecule has 1 aliphatic carbocycles. The van der Waals surface area contributed by atoms with Crippen LogP contribution >= 0.6 is 0 Å². The van der Waals surface area contributed by atoms with Crippen LogP contribution in [0.1, 0.15) is 40.5 Å². The van der Waals surface area contributed by atoms with E-state index in [9.17, 15) is 4.79 Å². The minimum atomic E-state index is -0.0640. The molecule has 3 N–H and O–H groups in total. The highest BCUT2D eigenvalue weighted by Gasteiger charge is 2.22. The van der Waals surface area contributed by atoms with Crippen LogP contribution in [0.25, 0.3) is 0 Å². The Bertz CT molecular complexity index is 645. The molecule has 0 spiro atoms. The molecule has 1 aromatic carbocycles. The number of amides is 1. The molecule has 1 atom stereocenters. The van der Waals surface area contributed by atoms with E-state index in [-0.39, 0.29) is 11.9 Å². The van der Waals surface area contributed by atoms with Gasteiger partial charge in [0.25, 0.3) is 5.91 Å². The van der Waals surface area contributed by atoms with Crippen LogP contribution in [0, 0.1) is 0 Å². The molecule has 4 nitrogen and oxygen atoms in total. The topological polar surface area (TPSA) is 60.0 Å². The van der Waals surface area contributed by atoms with Crippen molar-refractivity contribution < 1.29 is 4.79 Å². The van der Waals surface area contributed by atoms with Crippen molar-refractivity contribution in [2.24, 2.45) is 7.05 Å². The zero-order valence-corrected chi connectivity index (χ0v) is 11.6. The number of rotatable bonds is 2. The molecule has 0 aliphatic heterocycles. The number of nitrogens with one attached hydrogen (secondary N) is 1. The maximum atomic E-state index is 12.4. The van der Waals surface area contributed by atoms with Crippen molar-refractivity contribution in [2.75, 3.05) is 5.73 Å². The minimum absolute atomic E-state index is 0.0640. The maximum absolute atomic E-state index is 12.4. The smallest absolute Gasteiger partial charge is 0.268 e. The molecule has 0 radical (unpaired) electrons. The molecule has 0 bridgehead atoms. The minimum Gasteiger partial charge on any atom is -0.397 e. The third kappa shape index (κ3) is 2.29. The van der Waals surface area contributed by atoms with Crippen LogP contribution in [0.4, 0.5) is 5.69 Å². The van der Waals surface area contributed by atoms with Crippen LogP contribution in [0.3, 0.4) is 0 Å². The first-order valence-corrected chi connectivity index (χ1v) is 6.95. The summed E-state index contributed by atoms with van der Waals surface area (Å²) in [6, 6.07) is 10.2. The molecule has 0 saturated heterocycles. The molecule has 20 heavy (non-hydrogen) atoms. The molecule has 4 heteroatoms. The van der Waals surface area contributed by atoms with Gasteiger partial charge in [-0.15, -0.1) is 0 Å². The van der Waals surface area contributed by atoms with Gasteiger partial charge in [0, 0.05) is 13.2 Å². The van der Waals surface area contributed by atoms with Crippen LogP contribution in [0.5, 0.6) is 0 Å². The fraction of sp³-hybridized carbons (Fsp3) is 0.312. The lowest BCUT2D eigenvalue weighted by atomic mass is 9.87. The molecule has 1 amide bonds. The van der Waals surface area contributed by atoms with E-state index in [0.29, 0.717) is 11.4 Å². The number of nitrogens with zero attached hydrogens (tertiary/aromatic N) is 1. The third-order valence-electron chi connectivity index (χ3n) is 3.93. The van der Waals surface area contributed by atoms with Gasteiger partial charge in [0.15, 0.2) is 0 Å². The van der Waals surface area contributed by atoms with Crippen LogP contribution in [0.2, 0.25) is 0 Å². The van der Waals surface area contributed by atoms with Crippen molar-refractivity contribution in [3.05, 3.63) is 53.3 Å². The number of aromatic nitrogens is 1. The summed E-state index contributed by atoms with van der Waals surface area (Å²) in [4.78, 5) is 12.4. The summed E-state index contributed by atoms with van der Waals surface area (Å²) >= 11 is 0. The number of carbonyl (C=O) groups is 1. The molecule has 1 aliphatic rings. The van der Waals surface area contributed by atoms with E-state index < -0.39 is 0 Å². The molecule has 1 heterocycles. The lowest BCUT2D eigenvalue weighted by Gasteiger charge is -2.26. The number of carbonyl (C=O) groups excluding carboxylic acids is 1. The van der Waals surface area contributed by atoms with Crippen molar-refractivity contribution in [3.8, 4) is 0 Å². The van der Waals surface area contributed by atoms with E-state index in [4.69, 9.17) is 5.73 Å². The van der Waals surface area contributed by atoms with Crippen LogP contribution < -0.4 is 11.1 Å². The second-order valence-corrected chi connectivity index (χ2v) is 5.39. The van der Waals surface area contributed by atoms with E-state index in [0.717, 1.165) is 19.3 Å². The van der Waals surface area contributed by atoms with Gasteiger partial charge in [-0.1, -0.05) is 24.3 Å². The Labute approximate surface area is 118 Å². The van der Waals surface area contributed by atoms with Gasteiger partial charge in [0.2, 0.25) is 0 Å². The summed E-state index contributed by atoms with van der Waals surface area (Å²) in [5.74, 6) is -0.0640. The van der Waals surface area contributed by atoms with Crippen LogP contribution in [0.15, 0.2) is 36.5 Å². The summed E-state index contributed by atoms with van der Waals surface area (Å²) in [6.07, 6.45) is 4.95. The average molecular weight is 269 g/mol. The molecule has 2 aromatic rings. The summed E-state index contributed by atoms with van der Waals surface area (Å²) in [6.45, 7) is 0. The predicted octanol–water partition coefficient (Wildman–Crippen LogP) is 2.41. The highest BCUT2D eigenvalue weighted by molar-refractivity contribution is 5.94. The van der Waals surface area contributed by atoms with Gasteiger partial charge >= 0.3 is 0 Å². The number of nitrogens with two attached hydrogens (primary N) is 1. The quantitative estimate of drug-likeness (QED) is 0.879. The Kier molecular flexibility index (Phi) is 3.22. The summed E-state index contributed by atoms with van der Waals surface area (Å²) in [7, 11) is 1.83. The Morgan fingerprint density at radius 1 is 1.40 bits per heavy atom. The largest absolute Gasteiger partial charge is 0.397 e. The highest BCUT2D eigenvalue weighted by atomic mass is 16.2. The van der Waals surface area contributed by atoms with E-state index in [1.807, 2.05) is 13.1 Å². The van der Waals surface area contributed by atoms with Crippen molar-refractivity contribution >= 4 is 11.6 Å². The number of fused-ring (bicyclic) bond motifs is 1. The Hall–Kier alpha value is -2.23. The fourth-order valence-electron chi connectivity index (χ4n) is 2.95. The molecule has 0 fully saturated rings. The summed E-state index contributed by atoms with van der Waals surface area (Å²) < 4.78 is 1.76. The van der Waals surface area contributed by atoms with Gasteiger partial charge in [-0.3, -0.25) is 4.79 Å². The first-order valence-electron chi connectivity index (χ1n) is 6.95. The fourth-order valence-corrected chi connectivity index (χ4v) is 2.95. The van der Waals surface area contributed by atoms with E-state index >= 15 is 0 Å². The second-order valence-electron chi connectivity index (χ2n) is 5.39. The van der Waals surface area contributed by atoms with E-state index in [2.05, 4.69) is 23.5 Å². The molecular weight excluding hydrogens is 250 g/mol. The maximum Gasteiger partial charge on any atom is 0.268 e. The van der Waals surface area contributed by atoms with Crippen molar-refractivity contribution in [1.82, 2.24) is 9.88 Å². The van der Waals surface area contributed by atoms with Crippen molar-refractivity contribution in [2.45, 2.75) is 25.3 Å². The Morgan fingerprint density at radius 3 is 2.95 bits per heavy atom. The molecule has 1 aromatic heterocycles. The van der Waals surface area contributed by atoms with Crippen LogP contribution in [-0.2, 0) is 13.5 Å². The Morgan fingerprint density at radius 2 is 2.20 bits per heavy atom. The van der Waals surface area contributed by atoms with E-state index in [1.165, 1.54) is 11.1 Å². The lowest BCUT2D eigenvalue weighted by Crippen LogP contribution is -2.32. The normalized spacial score (nSPS) is 17.6. The average Bonchev–Trinajstić information content (AvgIpc) is 2.78. The third-order valence-corrected chi connectivity index (χ3v) is 3.93. The zero-order chi connectivity index (χ0) is 14.1. The number of benzene rings is 1. The molecule has 1 unspecified atom stereocenters. The van der Waals surface area contributed by atoms with Gasteiger partial charge in [-0.2, -0.15) is 0 Å². The second kappa shape index (κ2) is 5.04. The SMILES string of the molecule is Cn1cc(N)cc1C(=O)NC1CCCc2ccccc21. The van der Waals surface area contributed by atoms with Gasteiger partial charge in [-0.05, 0) is 36.5 Å². The molecule has 104 valence electrons. The first kappa shape index (κ1) is 12.8. The molecule has 0 saturated carbocycles. The van der Waals surface area contributed by atoms with Crippen molar-refractivity contribution in [1.29, 1.82) is 0 Å². The van der Waals surface area contributed by atoms with Crippen LogP contribution in [-0.4, -0.2) is 10.5 Å². The Balaban J connectivity index is 1.82. The van der Waals surface area contributed by atoms with Gasteiger partial charge in [-0.25, -0.2) is 0 Å². The standard InChI is InChI=1S/C16H19N3O/c1-19-10-12(17)9-15(19)16(20)18-14-8-4-6-11-5-2-3-7-13(11)14/h2-3,5,7,9-10,14H,4,6,8,17H2,1H3,(H,18,20). The molecular formula is C16H19N3O. The first-order chi connectivity index (χ1) is 9.65. The summed E-state index contributed by atoms with van der Waals surface area (Å²) in [5.41, 5.74) is 9.53. The van der Waals surface area contributed by atoms with Crippen molar-refractivity contribution in [3.63, 3.8) is 0 Å². The number of hydrogen-bond donors (Lipinski definition) is 2. The van der Waals surface area contributed by atoms with E-state index in [1.54, 1.807) is 16.8 Å². The lowest BCUT2D eigenvalue weighted by molar-refractivity contribution is 0.0924. The van der Waals surface area contributed by atoms with Gasteiger partial charge in [0.05, 0.1) is 11.7 Å². The number of anilines is 1. The highest BCUT2D eigenvalue weighted by Crippen LogP contribution is 2.29. The number of hydrogen-bond acceptors (Lipinski definition) is 2. The zero-order valence-electron chi connectivity index (χ0n) is 11.6. The summed E-state index contributed by atoms with van der Waals surface area (Å²) in [5, 5.41) is 3.13. The monoisotopic (exact) mass is 269 g/mol. The number of nitrogen functional groups attached to an aromatic ring is 1.